The van der Waals surface area contributed by atoms with Crippen LogP contribution < -0.4 is 0 Å². The predicted molar refractivity (Wildman–Crippen MR) is 115 cm³/mol. The first-order chi connectivity index (χ1) is 15.2. The molecule has 2 heterocycles. The van der Waals surface area contributed by atoms with Crippen molar-refractivity contribution in [3.05, 3.63) is 58.7 Å². The number of aromatic nitrogens is 2. The molecule has 1 fully saturated rings. The molecule has 31 heavy (non-hydrogen) atoms. The van der Waals surface area contributed by atoms with Gasteiger partial charge in [-0.3, -0.25) is 14.5 Å². The molecule has 0 radical (unpaired) electrons. The number of rotatable bonds is 9. The van der Waals surface area contributed by atoms with Crippen LogP contribution in [0.25, 0.3) is 11.0 Å². The number of aldehydes is 1. The highest BCUT2D eigenvalue weighted by molar-refractivity contribution is 5.79. The van der Waals surface area contributed by atoms with Crippen molar-refractivity contribution in [1.82, 2.24) is 20.1 Å². The minimum absolute atomic E-state index is 0.159. The first-order valence-electron chi connectivity index (χ1n) is 10.4. The Hall–Kier alpha value is -3.10. The molecule has 0 saturated carbocycles. The van der Waals surface area contributed by atoms with E-state index in [-0.39, 0.29) is 5.91 Å². The molecule has 0 spiro atoms. The third kappa shape index (κ3) is 5.15. The van der Waals surface area contributed by atoms with Gasteiger partial charge >= 0.3 is 0 Å². The topological polar surface area (TPSA) is 88.8 Å². The molecular formula is C23H26N4O4. The maximum Gasteiger partial charge on any atom is 0.236 e. The number of methoxy groups -OCH3 is 1. The van der Waals surface area contributed by atoms with Gasteiger partial charge < -0.3 is 9.64 Å². The van der Waals surface area contributed by atoms with Crippen molar-refractivity contribution in [3.8, 4) is 0 Å². The maximum atomic E-state index is 12.6. The standard InChI is InChI=1S/C23H26N4O4/c1-30-16-20-12-17(2-4-19(20)15-28)6-8-26-10-11-27(23(29)14-26)9-7-18-3-5-21-22(13-18)25-31-24-21/h2-5,12-13,15H,6-11,14,16H2,1H3. The summed E-state index contributed by atoms with van der Waals surface area (Å²) in [5.41, 5.74) is 5.30. The number of carbonyl (C=O) groups excluding carboxylic acids is 2. The number of ether oxygens (including phenoxy) is 1. The summed E-state index contributed by atoms with van der Waals surface area (Å²) < 4.78 is 9.92. The quantitative estimate of drug-likeness (QED) is 0.488. The Kier molecular flexibility index (Phi) is 6.69. The normalized spacial score (nSPS) is 15.0. The van der Waals surface area contributed by atoms with Crippen LogP contribution >= 0.6 is 0 Å². The van der Waals surface area contributed by atoms with Crippen LogP contribution in [0.15, 0.2) is 41.0 Å². The smallest absolute Gasteiger partial charge is 0.236 e. The van der Waals surface area contributed by atoms with Crippen LogP contribution in [0.1, 0.15) is 27.0 Å². The molecule has 0 unspecified atom stereocenters. The SMILES string of the molecule is COCc1cc(CCN2CCN(CCc3ccc4nonc4c3)C(=O)C2)ccc1C=O. The minimum atomic E-state index is 0.159. The molecule has 0 N–H and O–H groups in total. The highest BCUT2D eigenvalue weighted by Crippen LogP contribution is 2.15. The molecule has 8 nitrogen and oxygen atoms in total. The van der Waals surface area contributed by atoms with Gasteiger partial charge in [-0.1, -0.05) is 24.3 Å². The predicted octanol–water partition coefficient (Wildman–Crippen LogP) is 2.11. The Morgan fingerprint density at radius 1 is 1.03 bits per heavy atom. The van der Waals surface area contributed by atoms with E-state index in [1.54, 1.807) is 7.11 Å². The molecule has 1 amide bonds. The summed E-state index contributed by atoms with van der Waals surface area (Å²) >= 11 is 0. The molecule has 2 aromatic carbocycles. The van der Waals surface area contributed by atoms with E-state index in [1.165, 1.54) is 0 Å². The molecule has 4 rings (SSSR count). The van der Waals surface area contributed by atoms with Crippen molar-refractivity contribution >= 4 is 23.2 Å². The highest BCUT2D eigenvalue weighted by Gasteiger charge is 2.23. The second-order valence-electron chi connectivity index (χ2n) is 7.83. The van der Waals surface area contributed by atoms with Crippen LogP contribution in [0.2, 0.25) is 0 Å². The van der Waals surface area contributed by atoms with Gasteiger partial charge in [0.2, 0.25) is 5.91 Å². The monoisotopic (exact) mass is 422 g/mol. The third-order valence-electron chi connectivity index (χ3n) is 5.74. The number of nitrogens with zero attached hydrogens (tertiary/aromatic N) is 4. The van der Waals surface area contributed by atoms with E-state index >= 15 is 0 Å². The van der Waals surface area contributed by atoms with Crippen LogP contribution in [0.5, 0.6) is 0 Å². The summed E-state index contributed by atoms with van der Waals surface area (Å²) in [6, 6.07) is 11.7. The van der Waals surface area contributed by atoms with Crippen LogP contribution in [0, 0.1) is 0 Å². The molecule has 0 bridgehead atoms. The van der Waals surface area contributed by atoms with Gasteiger partial charge in [0.15, 0.2) is 0 Å². The Morgan fingerprint density at radius 3 is 2.61 bits per heavy atom. The molecule has 8 heteroatoms. The lowest BCUT2D eigenvalue weighted by Crippen LogP contribution is -2.51. The van der Waals surface area contributed by atoms with Gasteiger partial charge in [0.05, 0.1) is 13.2 Å². The molecule has 1 saturated heterocycles. The van der Waals surface area contributed by atoms with E-state index in [1.807, 2.05) is 41.3 Å². The molecule has 0 aliphatic carbocycles. The lowest BCUT2D eigenvalue weighted by atomic mass is 10.0. The second kappa shape index (κ2) is 9.80. The number of hydrogen-bond acceptors (Lipinski definition) is 7. The van der Waals surface area contributed by atoms with Crippen LogP contribution in [-0.2, 0) is 29.0 Å². The number of amides is 1. The van der Waals surface area contributed by atoms with Crippen molar-refractivity contribution in [1.29, 1.82) is 0 Å². The van der Waals surface area contributed by atoms with E-state index in [4.69, 9.17) is 9.37 Å². The minimum Gasteiger partial charge on any atom is -0.380 e. The van der Waals surface area contributed by atoms with Gasteiger partial charge in [-0.25, -0.2) is 4.63 Å². The molecule has 1 aliphatic heterocycles. The fraction of sp³-hybridized carbons (Fsp3) is 0.391. The molecular weight excluding hydrogens is 396 g/mol. The second-order valence-corrected chi connectivity index (χ2v) is 7.83. The van der Waals surface area contributed by atoms with Gasteiger partial charge in [-0.05, 0) is 52.0 Å². The van der Waals surface area contributed by atoms with Gasteiger partial charge in [-0.15, -0.1) is 0 Å². The maximum absolute atomic E-state index is 12.6. The van der Waals surface area contributed by atoms with Crippen molar-refractivity contribution in [2.75, 3.05) is 39.8 Å². The van der Waals surface area contributed by atoms with E-state index < -0.39 is 0 Å². The van der Waals surface area contributed by atoms with E-state index in [9.17, 15) is 9.59 Å². The van der Waals surface area contributed by atoms with Crippen LogP contribution in [0.3, 0.4) is 0 Å². The summed E-state index contributed by atoms with van der Waals surface area (Å²) in [7, 11) is 1.62. The summed E-state index contributed by atoms with van der Waals surface area (Å²) in [5, 5.41) is 7.69. The molecule has 3 aromatic rings. The van der Waals surface area contributed by atoms with Crippen molar-refractivity contribution in [2.45, 2.75) is 19.4 Å². The van der Waals surface area contributed by atoms with Crippen LogP contribution in [-0.4, -0.2) is 72.1 Å². The van der Waals surface area contributed by atoms with E-state index in [2.05, 4.69) is 15.2 Å². The summed E-state index contributed by atoms with van der Waals surface area (Å²) in [6.07, 6.45) is 2.46. The number of benzene rings is 2. The van der Waals surface area contributed by atoms with E-state index in [0.717, 1.165) is 66.5 Å². The number of fused-ring (bicyclic) bond motifs is 1. The largest absolute Gasteiger partial charge is 0.380 e. The Morgan fingerprint density at radius 2 is 1.81 bits per heavy atom. The highest BCUT2D eigenvalue weighted by atomic mass is 16.6. The lowest BCUT2D eigenvalue weighted by Gasteiger charge is -2.34. The van der Waals surface area contributed by atoms with Gasteiger partial charge in [0.25, 0.3) is 0 Å². The molecule has 1 aromatic heterocycles. The zero-order valence-electron chi connectivity index (χ0n) is 17.6. The Balaban J connectivity index is 1.26. The Bertz CT molecular complexity index is 1060. The summed E-state index contributed by atoms with van der Waals surface area (Å²) in [5.74, 6) is 0.159. The van der Waals surface area contributed by atoms with Gasteiger partial charge in [0.1, 0.15) is 17.3 Å². The lowest BCUT2D eigenvalue weighted by molar-refractivity contribution is -0.135. The zero-order valence-corrected chi connectivity index (χ0v) is 17.6. The van der Waals surface area contributed by atoms with Crippen molar-refractivity contribution in [2.24, 2.45) is 0 Å². The average Bonchev–Trinajstić information content (AvgIpc) is 3.25. The molecule has 162 valence electrons. The third-order valence-corrected chi connectivity index (χ3v) is 5.74. The van der Waals surface area contributed by atoms with Crippen molar-refractivity contribution < 1.29 is 19.0 Å². The summed E-state index contributed by atoms with van der Waals surface area (Å²) in [4.78, 5) is 27.9. The molecule has 0 atom stereocenters. The van der Waals surface area contributed by atoms with Gasteiger partial charge in [-0.2, -0.15) is 0 Å². The van der Waals surface area contributed by atoms with Crippen molar-refractivity contribution in [3.63, 3.8) is 0 Å². The number of carbonyl (C=O) groups is 2. The fourth-order valence-corrected chi connectivity index (χ4v) is 3.93. The number of hydrogen-bond donors (Lipinski definition) is 0. The average molecular weight is 422 g/mol. The zero-order chi connectivity index (χ0) is 21.6. The molecule has 1 aliphatic rings. The Labute approximate surface area is 180 Å². The van der Waals surface area contributed by atoms with Gasteiger partial charge in [0, 0.05) is 38.9 Å². The first kappa shape index (κ1) is 21.1. The van der Waals surface area contributed by atoms with Crippen LogP contribution in [0.4, 0.5) is 0 Å². The fourth-order valence-electron chi connectivity index (χ4n) is 3.93. The van der Waals surface area contributed by atoms with E-state index in [0.29, 0.717) is 25.3 Å². The number of piperazine rings is 1. The summed E-state index contributed by atoms with van der Waals surface area (Å²) in [6.45, 7) is 3.93. The first-order valence-corrected chi connectivity index (χ1v) is 10.4.